The summed E-state index contributed by atoms with van der Waals surface area (Å²) < 4.78 is 2.95. The number of nitrogens with one attached hydrogen (secondary N) is 1. The Hall–Kier alpha value is -1.13. The Balaban J connectivity index is 2.18. The maximum absolute atomic E-state index is 4.34. The van der Waals surface area contributed by atoms with Gasteiger partial charge in [-0.05, 0) is 24.7 Å². The van der Waals surface area contributed by atoms with Gasteiger partial charge in [0.2, 0.25) is 0 Å². The SMILES string of the molecule is CCNCc1cnn(-c2cccc(Br)c2)c1. The van der Waals surface area contributed by atoms with Gasteiger partial charge in [-0.15, -0.1) is 0 Å². The van der Waals surface area contributed by atoms with Crippen LogP contribution in [0.3, 0.4) is 0 Å². The van der Waals surface area contributed by atoms with Crippen molar-refractivity contribution < 1.29 is 0 Å². The minimum Gasteiger partial charge on any atom is -0.313 e. The topological polar surface area (TPSA) is 29.9 Å². The van der Waals surface area contributed by atoms with Crippen molar-refractivity contribution in [2.75, 3.05) is 6.54 Å². The first-order valence-electron chi connectivity index (χ1n) is 5.30. The summed E-state index contributed by atoms with van der Waals surface area (Å²) in [6.07, 6.45) is 3.94. The lowest BCUT2D eigenvalue weighted by atomic mass is 10.3. The molecule has 0 saturated heterocycles. The maximum atomic E-state index is 4.34. The first-order chi connectivity index (χ1) is 7.79. The number of hydrogen-bond acceptors (Lipinski definition) is 2. The second kappa shape index (κ2) is 5.27. The van der Waals surface area contributed by atoms with Crippen molar-refractivity contribution in [1.82, 2.24) is 15.1 Å². The summed E-state index contributed by atoms with van der Waals surface area (Å²) in [5.74, 6) is 0. The van der Waals surface area contributed by atoms with Crippen LogP contribution < -0.4 is 5.32 Å². The van der Waals surface area contributed by atoms with Crippen molar-refractivity contribution in [3.8, 4) is 5.69 Å². The Morgan fingerprint density at radius 3 is 3.06 bits per heavy atom. The average Bonchev–Trinajstić information content (AvgIpc) is 2.75. The summed E-state index contributed by atoms with van der Waals surface area (Å²) in [5.41, 5.74) is 2.26. The van der Waals surface area contributed by atoms with Crippen LogP contribution in [0.25, 0.3) is 5.69 Å². The van der Waals surface area contributed by atoms with Crippen LogP contribution in [-0.4, -0.2) is 16.3 Å². The molecule has 4 heteroatoms. The minimum atomic E-state index is 0.866. The van der Waals surface area contributed by atoms with E-state index < -0.39 is 0 Å². The summed E-state index contributed by atoms with van der Waals surface area (Å²) in [7, 11) is 0. The number of benzene rings is 1. The fourth-order valence-electron chi connectivity index (χ4n) is 1.48. The van der Waals surface area contributed by atoms with Crippen LogP contribution in [0, 0.1) is 0 Å². The molecule has 16 heavy (non-hydrogen) atoms. The van der Waals surface area contributed by atoms with E-state index in [1.165, 1.54) is 5.56 Å². The largest absolute Gasteiger partial charge is 0.313 e. The van der Waals surface area contributed by atoms with Gasteiger partial charge in [-0.25, -0.2) is 4.68 Å². The summed E-state index contributed by atoms with van der Waals surface area (Å²) in [6, 6.07) is 8.09. The number of halogens is 1. The molecular formula is C12H14BrN3. The van der Waals surface area contributed by atoms with Gasteiger partial charge in [-0.3, -0.25) is 0 Å². The standard InChI is InChI=1S/C12H14BrN3/c1-2-14-7-10-8-15-16(9-10)12-5-3-4-11(13)6-12/h3-6,8-9,14H,2,7H2,1H3. The highest BCUT2D eigenvalue weighted by molar-refractivity contribution is 9.10. The Morgan fingerprint density at radius 2 is 2.31 bits per heavy atom. The first-order valence-corrected chi connectivity index (χ1v) is 6.09. The Morgan fingerprint density at radius 1 is 1.44 bits per heavy atom. The van der Waals surface area contributed by atoms with Crippen molar-refractivity contribution in [1.29, 1.82) is 0 Å². The number of aromatic nitrogens is 2. The zero-order chi connectivity index (χ0) is 11.4. The average molecular weight is 280 g/mol. The number of nitrogens with zero attached hydrogens (tertiary/aromatic N) is 2. The van der Waals surface area contributed by atoms with Crippen molar-refractivity contribution >= 4 is 15.9 Å². The normalized spacial score (nSPS) is 10.6. The van der Waals surface area contributed by atoms with Gasteiger partial charge in [0.25, 0.3) is 0 Å². The molecule has 0 amide bonds. The molecule has 1 N–H and O–H groups in total. The second-order valence-electron chi connectivity index (χ2n) is 3.55. The van der Waals surface area contributed by atoms with Crippen LogP contribution in [0.1, 0.15) is 12.5 Å². The third kappa shape index (κ3) is 2.71. The fraction of sp³-hybridized carbons (Fsp3) is 0.250. The van der Waals surface area contributed by atoms with E-state index in [9.17, 15) is 0 Å². The summed E-state index contributed by atoms with van der Waals surface area (Å²) >= 11 is 3.45. The van der Waals surface area contributed by atoms with Crippen molar-refractivity contribution in [3.63, 3.8) is 0 Å². The molecule has 0 aliphatic heterocycles. The van der Waals surface area contributed by atoms with E-state index in [0.29, 0.717) is 0 Å². The molecular weight excluding hydrogens is 266 g/mol. The van der Waals surface area contributed by atoms with Gasteiger partial charge in [0.05, 0.1) is 11.9 Å². The van der Waals surface area contributed by atoms with E-state index >= 15 is 0 Å². The van der Waals surface area contributed by atoms with E-state index in [0.717, 1.165) is 23.2 Å². The summed E-state index contributed by atoms with van der Waals surface area (Å²) in [6.45, 7) is 3.94. The van der Waals surface area contributed by atoms with E-state index in [1.54, 1.807) is 0 Å². The third-order valence-electron chi connectivity index (χ3n) is 2.29. The zero-order valence-corrected chi connectivity index (χ0v) is 10.7. The molecule has 84 valence electrons. The van der Waals surface area contributed by atoms with E-state index in [-0.39, 0.29) is 0 Å². The molecule has 1 heterocycles. The van der Waals surface area contributed by atoms with Gasteiger partial charge in [0.15, 0.2) is 0 Å². The summed E-state index contributed by atoms with van der Waals surface area (Å²) in [5, 5.41) is 7.61. The van der Waals surface area contributed by atoms with Crippen LogP contribution in [0.4, 0.5) is 0 Å². The third-order valence-corrected chi connectivity index (χ3v) is 2.78. The van der Waals surface area contributed by atoms with Crippen LogP contribution in [0.5, 0.6) is 0 Å². The Bertz CT molecular complexity index is 465. The molecule has 0 spiro atoms. The minimum absolute atomic E-state index is 0.866. The summed E-state index contributed by atoms with van der Waals surface area (Å²) in [4.78, 5) is 0. The molecule has 0 atom stereocenters. The molecule has 0 aliphatic rings. The zero-order valence-electron chi connectivity index (χ0n) is 9.15. The van der Waals surface area contributed by atoms with Gasteiger partial charge in [0, 0.05) is 22.8 Å². The van der Waals surface area contributed by atoms with Crippen molar-refractivity contribution in [2.45, 2.75) is 13.5 Å². The lowest BCUT2D eigenvalue weighted by Gasteiger charge is -2.01. The van der Waals surface area contributed by atoms with Crippen LogP contribution in [0.15, 0.2) is 41.1 Å². The first kappa shape index (κ1) is 11.4. The van der Waals surface area contributed by atoms with Gasteiger partial charge in [0.1, 0.15) is 0 Å². The number of hydrogen-bond donors (Lipinski definition) is 1. The molecule has 1 aromatic carbocycles. The number of rotatable bonds is 4. The van der Waals surface area contributed by atoms with Crippen LogP contribution >= 0.6 is 15.9 Å². The molecule has 0 aliphatic carbocycles. The van der Waals surface area contributed by atoms with E-state index in [2.05, 4.69) is 33.3 Å². The molecule has 2 rings (SSSR count). The molecule has 3 nitrogen and oxygen atoms in total. The van der Waals surface area contributed by atoms with Gasteiger partial charge >= 0.3 is 0 Å². The van der Waals surface area contributed by atoms with Crippen molar-refractivity contribution in [2.24, 2.45) is 0 Å². The Kier molecular flexibility index (Phi) is 3.74. The van der Waals surface area contributed by atoms with Gasteiger partial charge in [-0.1, -0.05) is 28.9 Å². The highest BCUT2D eigenvalue weighted by atomic mass is 79.9. The molecule has 0 bridgehead atoms. The molecule has 0 radical (unpaired) electrons. The molecule has 0 saturated carbocycles. The Labute approximate surface area is 104 Å². The van der Waals surface area contributed by atoms with E-state index in [1.807, 2.05) is 41.3 Å². The molecule has 2 aromatic rings. The van der Waals surface area contributed by atoms with E-state index in [4.69, 9.17) is 0 Å². The molecule has 0 fully saturated rings. The van der Waals surface area contributed by atoms with Crippen LogP contribution in [-0.2, 0) is 6.54 Å². The predicted molar refractivity (Wildman–Crippen MR) is 68.6 cm³/mol. The highest BCUT2D eigenvalue weighted by Crippen LogP contribution is 2.15. The molecule has 1 aromatic heterocycles. The fourth-order valence-corrected chi connectivity index (χ4v) is 1.87. The van der Waals surface area contributed by atoms with Crippen LogP contribution in [0.2, 0.25) is 0 Å². The highest BCUT2D eigenvalue weighted by Gasteiger charge is 2.00. The van der Waals surface area contributed by atoms with Gasteiger partial charge < -0.3 is 5.32 Å². The smallest absolute Gasteiger partial charge is 0.0656 e. The lowest BCUT2D eigenvalue weighted by molar-refractivity contribution is 0.726. The lowest BCUT2D eigenvalue weighted by Crippen LogP contribution is -2.10. The maximum Gasteiger partial charge on any atom is 0.0656 e. The molecule has 0 unspecified atom stereocenters. The van der Waals surface area contributed by atoms with Gasteiger partial charge in [-0.2, -0.15) is 5.10 Å². The van der Waals surface area contributed by atoms with Crippen molar-refractivity contribution in [3.05, 3.63) is 46.7 Å². The predicted octanol–water partition coefficient (Wildman–Crippen LogP) is 2.74. The second-order valence-corrected chi connectivity index (χ2v) is 4.47. The monoisotopic (exact) mass is 279 g/mol. The quantitative estimate of drug-likeness (QED) is 0.933.